The molecule has 0 amide bonds. The maximum Gasteiger partial charge on any atom is 0.416 e. The van der Waals surface area contributed by atoms with Gasteiger partial charge in [-0.05, 0) is 30.2 Å². The van der Waals surface area contributed by atoms with Gasteiger partial charge in [-0.1, -0.05) is 18.2 Å². The Labute approximate surface area is 90.9 Å². The molecule has 0 nitrogen and oxygen atoms in total. The standard InChI is InChI=1S/C11H11F3S/c12-11(13,14)9-3-1-2-8(6-9)7-10-4-5-15-10/h1-3,6,10H,4-5,7H2. The van der Waals surface area contributed by atoms with E-state index in [1.165, 1.54) is 12.1 Å². The zero-order valence-electron chi connectivity index (χ0n) is 8.05. The summed E-state index contributed by atoms with van der Waals surface area (Å²) in [5.74, 6) is 1.14. The fourth-order valence-electron chi connectivity index (χ4n) is 1.58. The third-order valence-corrected chi connectivity index (χ3v) is 3.86. The topological polar surface area (TPSA) is 0 Å². The summed E-state index contributed by atoms with van der Waals surface area (Å²) in [6, 6.07) is 5.64. The predicted molar refractivity (Wildman–Crippen MR) is 56.0 cm³/mol. The Bertz CT molecular complexity index is 342. The molecule has 1 fully saturated rings. The maximum atomic E-state index is 12.4. The number of benzene rings is 1. The van der Waals surface area contributed by atoms with Crippen LogP contribution in [0, 0.1) is 0 Å². The van der Waals surface area contributed by atoms with Crippen molar-refractivity contribution in [1.82, 2.24) is 0 Å². The lowest BCUT2D eigenvalue weighted by atomic mass is 10.0. The molecule has 0 N–H and O–H groups in total. The summed E-state index contributed by atoms with van der Waals surface area (Å²) in [5, 5.41) is 0.522. The molecule has 82 valence electrons. The minimum Gasteiger partial charge on any atom is -0.166 e. The molecule has 1 aromatic carbocycles. The van der Waals surface area contributed by atoms with E-state index in [9.17, 15) is 13.2 Å². The molecule has 1 aliphatic heterocycles. The van der Waals surface area contributed by atoms with Crippen molar-refractivity contribution in [3.05, 3.63) is 35.4 Å². The second kappa shape index (κ2) is 4.08. The number of rotatable bonds is 2. The van der Waals surface area contributed by atoms with Crippen LogP contribution in [0.25, 0.3) is 0 Å². The average molecular weight is 232 g/mol. The first-order valence-corrected chi connectivity index (χ1v) is 5.88. The van der Waals surface area contributed by atoms with E-state index in [2.05, 4.69) is 0 Å². The molecular formula is C11H11F3S. The maximum absolute atomic E-state index is 12.4. The molecule has 0 aliphatic carbocycles. The number of thioether (sulfide) groups is 1. The van der Waals surface area contributed by atoms with E-state index in [1.807, 2.05) is 11.8 Å². The zero-order valence-corrected chi connectivity index (χ0v) is 8.87. The second-order valence-electron chi connectivity index (χ2n) is 3.68. The summed E-state index contributed by atoms with van der Waals surface area (Å²) in [7, 11) is 0. The molecule has 4 heteroatoms. The normalized spacial score (nSPS) is 21.1. The molecule has 1 saturated heterocycles. The van der Waals surface area contributed by atoms with Crippen LogP contribution in [-0.4, -0.2) is 11.0 Å². The summed E-state index contributed by atoms with van der Waals surface area (Å²) in [6.45, 7) is 0. The van der Waals surface area contributed by atoms with Crippen LogP contribution in [0.15, 0.2) is 24.3 Å². The van der Waals surface area contributed by atoms with Crippen molar-refractivity contribution in [1.29, 1.82) is 0 Å². The molecule has 0 bridgehead atoms. The molecule has 1 aromatic rings. The van der Waals surface area contributed by atoms with Crippen molar-refractivity contribution in [2.24, 2.45) is 0 Å². The highest BCUT2D eigenvalue weighted by Gasteiger charge is 2.30. The first-order valence-electron chi connectivity index (χ1n) is 4.83. The van der Waals surface area contributed by atoms with Gasteiger partial charge < -0.3 is 0 Å². The van der Waals surface area contributed by atoms with Crippen molar-refractivity contribution in [2.75, 3.05) is 5.75 Å². The highest BCUT2D eigenvalue weighted by molar-refractivity contribution is 8.01. The van der Waals surface area contributed by atoms with Gasteiger partial charge in [0.2, 0.25) is 0 Å². The number of halogens is 3. The largest absolute Gasteiger partial charge is 0.416 e. The molecule has 0 radical (unpaired) electrons. The Morgan fingerprint density at radius 3 is 2.60 bits per heavy atom. The van der Waals surface area contributed by atoms with Crippen molar-refractivity contribution >= 4 is 11.8 Å². The molecule has 2 rings (SSSR count). The van der Waals surface area contributed by atoms with E-state index >= 15 is 0 Å². The van der Waals surface area contributed by atoms with Gasteiger partial charge in [-0.15, -0.1) is 0 Å². The van der Waals surface area contributed by atoms with E-state index in [0.29, 0.717) is 5.25 Å². The highest BCUT2D eigenvalue weighted by Crippen LogP contribution is 2.33. The van der Waals surface area contributed by atoms with Crippen molar-refractivity contribution < 1.29 is 13.2 Å². The van der Waals surface area contributed by atoms with E-state index in [1.54, 1.807) is 6.07 Å². The van der Waals surface area contributed by atoms with Crippen LogP contribution in [0.2, 0.25) is 0 Å². The predicted octanol–water partition coefficient (Wildman–Crippen LogP) is 3.75. The van der Waals surface area contributed by atoms with Gasteiger partial charge in [0.15, 0.2) is 0 Å². The highest BCUT2D eigenvalue weighted by atomic mass is 32.2. The van der Waals surface area contributed by atoms with Crippen molar-refractivity contribution in [2.45, 2.75) is 24.3 Å². The van der Waals surface area contributed by atoms with Gasteiger partial charge in [0.25, 0.3) is 0 Å². The van der Waals surface area contributed by atoms with Crippen LogP contribution in [0.5, 0.6) is 0 Å². The summed E-state index contributed by atoms with van der Waals surface area (Å²) >= 11 is 1.83. The molecule has 1 aliphatic rings. The minimum atomic E-state index is -4.22. The Balaban J connectivity index is 2.11. The fourth-order valence-corrected chi connectivity index (χ4v) is 2.46. The average Bonchev–Trinajstić information content (AvgIpc) is 2.11. The number of hydrogen-bond donors (Lipinski definition) is 0. The summed E-state index contributed by atoms with van der Waals surface area (Å²) in [6.07, 6.45) is -2.34. The van der Waals surface area contributed by atoms with Gasteiger partial charge in [0.1, 0.15) is 0 Å². The molecule has 0 spiro atoms. The molecule has 1 heterocycles. The fraction of sp³-hybridized carbons (Fsp3) is 0.455. The Kier molecular flexibility index (Phi) is 2.96. The summed E-state index contributed by atoms with van der Waals surface area (Å²) < 4.78 is 37.2. The van der Waals surface area contributed by atoms with Crippen LogP contribution in [0.1, 0.15) is 17.5 Å². The Morgan fingerprint density at radius 2 is 2.07 bits per heavy atom. The van der Waals surface area contributed by atoms with E-state index in [0.717, 1.165) is 30.2 Å². The molecule has 15 heavy (non-hydrogen) atoms. The monoisotopic (exact) mass is 232 g/mol. The molecule has 0 saturated carbocycles. The van der Waals surface area contributed by atoms with Gasteiger partial charge >= 0.3 is 6.18 Å². The minimum absolute atomic E-state index is 0.522. The van der Waals surface area contributed by atoms with Gasteiger partial charge in [-0.3, -0.25) is 0 Å². The third-order valence-electron chi connectivity index (χ3n) is 2.51. The lowest BCUT2D eigenvalue weighted by molar-refractivity contribution is -0.137. The van der Waals surface area contributed by atoms with Crippen LogP contribution in [0.3, 0.4) is 0 Å². The SMILES string of the molecule is FC(F)(F)c1cccc(CC2CCS2)c1. The molecule has 0 aromatic heterocycles. The van der Waals surface area contributed by atoms with E-state index in [-0.39, 0.29) is 0 Å². The molecular weight excluding hydrogens is 221 g/mol. The lowest BCUT2D eigenvalue weighted by Crippen LogP contribution is -2.18. The van der Waals surface area contributed by atoms with Crippen LogP contribution in [-0.2, 0) is 12.6 Å². The quantitative estimate of drug-likeness (QED) is 0.748. The van der Waals surface area contributed by atoms with Crippen LogP contribution < -0.4 is 0 Å². The molecule has 1 unspecified atom stereocenters. The molecule has 1 atom stereocenters. The van der Waals surface area contributed by atoms with Gasteiger partial charge in [-0.2, -0.15) is 24.9 Å². The van der Waals surface area contributed by atoms with Gasteiger partial charge in [0, 0.05) is 5.25 Å². The summed E-state index contributed by atoms with van der Waals surface area (Å²) in [4.78, 5) is 0. The van der Waals surface area contributed by atoms with E-state index in [4.69, 9.17) is 0 Å². The van der Waals surface area contributed by atoms with Crippen LogP contribution in [0.4, 0.5) is 13.2 Å². The Hall–Kier alpha value is -0.640. The van der Waals surface area contributed by atoms with Gasteiger partial charge in [0.05, 0.1) is 5.56 Å². The third kappa shape index (κ3) is 2.68. The first kappa shape index (κ1) is 10.9. The van der Waals surface area contributed by atoms with Gasteiger partial charge in [-0.25, -0.2) is 0 Å². The lowest BCUT2D eigenvalue weighted by Gasteiger charge is -2.25. The van der Waals surface area contributed by atoms with Crippen molar-refractivity contribution in [3.63, 3.8) is 0 Å². The zero-order chi connectivity index (χ0) is 10.9. The Morgan fingerprint density at radius 1 is 1.33 bits per heavy atom. The summed E-state index contributed by atoms with van der Waals surface area (Å²) in [5.41, 5.74) is 0.256. The van der Waals surface area contributed by atoms with E-state index < -0.39 is 11.7 Å². The van der Waals surface area contributed by atoms with Crippen molar-refractivity contribution in [3.8, 4) is 0 Å². The smallest absolute Gasteiger partial charge is 0.166 e. The second-order valence-corrected chi connectivity index (χ2v) is 5.09. The number of alkyl halides is 3. The first-order chi connectivity index (χ1) is 7.05. The van der Waals surface area contributed by atoms with Crippen LogP contribution >= 0.6 is 11.8 Å². The number of hydrogen-bond acceptors (Lipinski definition) is 1.